The van der Waals surface area contributed by atoms with Crippen LogP contribution in [0.15, 0.2) is 36.5 Å². The average Bonchev–Trinajstić information content (AvgIpc) is 3.17. The fraction of sp³-hybridized carbons (Fsp3) is 0.833. The number of allylic oxidation sites excluding steroid dienone is 5. The molecule has 316 valence electrons. The number of aliphatic hydroxyl groups excluding tert-OH is 2. The van der Waals surface area contributed by atoms with Crippen LogP contribution in [0.2, 0.25) is 0 Å². The van der Waals surface area contributed by atoms with Gasteiger partial charge in [0.1, 0.15) is 0 Å². The second kappa shape index (κ2) is 43.8. The predicted molar refractivity (Wildman–Crippen MR) is 232 cm³/mol. The van der Waals surface area contributed by atoms with Crippen molar-refractivity contribution in [2.75, 3.05) is 13.2 Å². The summed E-state index contributed by atoms with van der Waals surface area (Å²) in [4.78, 5) is 24.4. The molecule has 0 saturated carbocycles. The van der Waals surface area contributed by atoms with Gasteiger partial charge in [0.2, 0.25) is 5.91 Å². The third kappa shape index (κ3) is 39.8. The Labute approximate surface area is 334 Å². The topological polar surface area (TPSA) is 95.9 Å². The maximum atomic E-state index is 12.4. The van der Waals surface area contributed by atoms with E-state index in [2.05, 4.69) is 43.5 Å². The van der Waals surface area contributed by atoms with E-state index in [4.69, 9.17) is 4.74 Å². The number of nitrogens with one attached hydrogen (secondary N) is 1. The van der Waals surface area contributed by atoms with E-state index in [0.29, 0.717) is 19.4 Å². The minimum atomic E-state index is -0.854. The van der Waals surface area contributed by atoms with Gasteiger partial charge in [0.05, 0.1) is 25.4 Å². The molecule has 0 aromatic carbocycles. The van der Waals surface area contributed by atoms with Gasteiger partial charge < -0.3 is 20.3 Å². The number of rotatable bonds is 42. The number of amides is 1. The molecule has 0 rings (SSSR count). The molecule has 6 nitrogen and oxygen atoms in total. The average molecular weight is 760 g/mol. The molecule has 2 unspecified atom stereocenters. The maximum absolute atomic E-state index is 12.4. The van der Waals surface area contributed by atoms with Crippen molar-refractivity contribution in [2.45, 2.75) is 244 Å². The zero-order chi connectivity index (χ0) is 39.4. The van der Waals surface area contributed by atoms with Crippen molar-refractivity contribution in [1.29, 1.82) is 0 Å². The number of aliphatic hydroxyl groups is 2. The van der Waals surface area contributed by atoms with E-state index in [9.17, 15) is 19.8 Å². The van der Waals surface area contributed by atoms with Crippen molar-refractivity contribution in [3.8, 4) is 0 Å². The molecule has 1 amide bonds. The lowest BCUT2D eigenvalue weighted by atomic mass is 10.0. The lowest BCUT2D eigenvalue weighted by Crippen LogP contribution is -2.45. The van der Waals surface area contributed by atoms with Crippen LogP contribution in [0.4, 0.5) is 0 Å². The van der Waals surface area contributed by atoms with Crippen LogP contribution in [-0.4, -0.2) is 47.4 Å². The Hall–Kier alpha value is -1.92. The first-order valence-corrected chi connectivity index (χ1v) is 23.3. The Balaban J connectivity index is 3.51. The van der Waals surface area contributed by atoms with Gasteiger partial charge in [0, 0.05) is 12.8 Å². The molecule has 0 aromatic rings. The van der Waals surface area contributed by atoms with Gasteiger partial charge in [0.15, 0.2) is 0 Å². The summed E-state index contributed by atoms with van der Waals surface area (Å²) in [5.74, 6) is -0.114. The summed E-state index contributed by atoms with van der Waals surface area (Å²) in [5.41, 5.74) is 0. The molecule has 0 aliphatic rings. The fourth-order valence-corrected chi connectivity index (χ4v) is 6.76. The molecule has 0 radical (unpaired) electrons. The van der Waals surface area contributed by atoms with E-state index in [1.807, 2.05) is 6.08 Å². The SMILES string of the molecule is CCCC/C=C\C/C=C\CCCCCCCC(=O)OCCCCCCCCCCCCCCC(=O)NC(CO)C(O)/C=C/CCCCCCCCCCC. The number of carbonyl (C=O) groups excluding carboxylic acids is 2. The summed E-state index contributed by atoms with van der Waals surface area (Å²) < 4.78 is 5.44. The summed E-state index contributed by atoms with van der Waals surface area (Å²) in [5, 5.41) is 22.9. The number of unbranched alkanes of at least 4 members (excludes halogenated alkanes) is 27. The molecule has 0 aliphatic heterocycles. The summed E-state index contributed by atoms with van der Waals surface area (Å²) >= 11 is 0. The van der Waals surface area contributed by atoms with Gasteiger partial charge in [-0.05, 0) is 57.8 Å². The molecule has 0 spiro atoms. The zero-order valence-corrected chi connectivity index (χ0v) is 35.7. The first-order chi connectivity index (χ1) is 26.5. The standard InChI is InChI=1S/C48H89NO5/c1-3-5-7-9-11-13-15-16-17-22-26-30-34-38-42-48(53)54-43-39-35-31-27-23-19-18-21-25-29-33-37-41-47(52)49-45(44-50)46(51)40-36-32-28-24-20-14-12-10-8-6-4-2/h9,11,15-16,36,40,45-46,50-51H,3-8,10,12-14,17-35,37-39,41-44H2,1-2H3,(H,49,52)/b11-9-,16-15-,40-36+. The van der Waals surface area contributed by atoms with Crippen LogP contribution in [0.3, 0.4) is 0 Å². The normalized spacial score (nSPS) is 13.0. The molecular weight excluding hydrogens is 671 g/mol. The highest BCUT2D eigenvalue weighted by Crippen LogP contribution is 2.14. The highest BCUT2D eigenvalue weighted by atomic mass is 16.5. The quantitative estimate of drug-likeness (QED) is 0.0327. The first kappa shape index (κ1) is 52.1. The summed E-state index contributed by atoms with van der Waals surface area (Å²) in [7, 11) is 0. The Morgan fingerprint density at radius 2 is 0.944 bits per heavy atom. The zero-order valence-electron chi connectivity index (χ0n) is 35.7. The molecule has 0 bridgehead atoms. The largest absolute Gasteiger partial charge is 0.466 e. The van der Waals surface area contributed by atoms with E-state index >= 15 is 0 Å². The van der Waals surface area contributed by atoms with Gasteiger partial charge in [-0.15, -0.1) is 0 Å². The molecule has 0 fully saturated rings. The van der Waals surface area contributed by atoms with Crippen LogP contribution in [0.5, 0.6) is 0 Å². The lowest BCUT2D eigenvalue weighted by molar-refractivity contribution is -0.143. The van der Waals surface area contributed by atoms with Crippen LogP contribution in [0.1, 0.15) is 232 Å². The second-order valence-electron chi connectivity index (χ2n) is 15.7. The molecule has 0 saturated heterocycles. The highest BCUT2D eigenvalue weighted by molar-refractivity contribution is 5.76. The van der Waals surface area contributed by atoms with Gasteiger partial charge in [0.25, 0.3) is 0 Å². The third-order valence-corrected chi connectivity index (χ3v) is 10.4. The number of hydrogen-bond acceptors (Lipinski definition) is 5. The Morgan fingerprint density at radius 3 is 1.46 bits per heavy atom. The molecule has 3 N–H and O–H groups in total. The first-order valence-electron chi connectivity index (χ1n) is 23.3. The Kier molecular flexibility index (Phi) is 42.2. The smallest absolute Gasteiger partial charge is 0.305 e. The number of ether oxygens (including phenoxy) is 1. The minimum absolute atomic E-state index is 0.0266. The van der Waals surface area contributed by atoms with E-state index in [1.165, 1.54) is 135 Å². The van der Waals surface area contributed by atoms with E-state index in [-0.39, 0.29) is 18.5 Å². The Morgan fingerprint density at radius 1 is 0.519 bits per heavy atom. The van der Waals surface area contributed by atoms with Crippen LogP contribution in [0, 0.1) is 0 Å². The molecule has 2 atom stereocenters. The number of carbonyl (C=O) groups is 2. The van der Waals surface area contributed by atoms with Crippen molar-refractivity contribution >= 4 is 11.9 Å². The predicted octanol–water partition coefficient (Wildman–Crippen LogP) is 13.3. The summed E-state index contributed by atoms with van der Waals surface area (Å²) in [6.45, 7) is 4.79. The van der Waals surface area contributed by atoms with E-state index in [1.54, 1.807) is 6.08 Å². The van der Waals surface area contributed by atoms with Gasteiger partial charge in [-0.3, -0.25) is 9.59 Å². The van der Waals surface area contributed by atoms with Crippen LogP contribution in [-0.2, 0) is 14.3 Å². The van der Waals surface area contributed by atoms with Gasteiger partial charge in [-0.1, -0.05) is 198 Å². The van der Waals surface area contributed by atoms with E-state index in [0.717, 1.165) is 70.6 Å². The molecule has 0 aromatic heterocycles. The van der Waals surface area contributed by atoms with Crippen molar-refractivity contribution in [1.82, 2.24) is 5.32 Å². The van der Waals surface area contributed by atoms with Gasteiger partial charge in [-0.2, -0.15) is 0 Å². The minimum Gasteiger partial charge on any atom is -0.466 e. The fourth-order valence-electron chi connectivity index (χ4n) is 6.76. The summed E-state index contributed by atoms with van der Waals surface area (Å²) in [6.07, 6.45) is 51.2. The van der Waals surface area contributed by atoms with Crippen LogP contribution < -0.4 is 5.32 Å². The molecular formula is C48H89NO5. The molecule has 54 heavy (non-hydrogen) atoms. The van der Waals surface area contributed by atoms with Crippen LogP contribution >= 0.6 is 0 Å². The molecule has 6 heteroatoms. The third-order valence-electron chi connectivity index (χ3n) is 10.4. The second-order valence-corrected chi connectivity index (χ2v) is 15.7. The van der Waals surface area contributed by atoms with Crippen molar-refractivity contribution in [2.24, 2.45) is 0 Å². The van der Waals surface area contributed by atoms with Crippen molar-refractivity contribution < 1.29 is 24.5 Å². The van der Waals surface area contributed by atoms with Gasteiger partial charge in [-0.25, -0.2) is 0 Å². The Bertz CT molecular complexity index is 884. The number of esters is 1. The monoisotopic (exact) mass is 760 g/mol. The van der Waals surface area contributed by atoms with E-state index < -0.39 is 12.1 Å². The summed E-state index contributed by atoms with van der Waals surface area (Å²) in [6, 6.07) is -0.639. The number of hydrogen-bond donors (Lipinski definition) is 3. The van der Waals surface area contributed by atoms with Crippen molar-refractivity contribution in [3.63, 3.8) is 0 Å². The van der Waals surface area contributed by atoms with Crippen LogP contribution in [0.25, 0.3) is 0 Å². The highest BCUT2D eigenvalue weighted by Gasteiger charge is 2.18. The van der Waals surface area contributed by atoms with Gasteiger partial charge >= 0.3 is 5.97 Å². The van der Waals surface area contributed by atoms with Crippen molar-refractivity contribution in [3.05, 3.63) is 36.5 Å². The lowest BCUT2D eigenvalue weighted by Gasteiger charge is -2.20. The molecule has 0 aliphatic carbocycles. The molecule has 0 heterocycles. The maximum Gasteiger partial charge on any atom is 0.305 e.